The summed E-state index contributed by atoms with van der Waals surface area (Å²) in [6.07, 6.45) is 8.28. The molecule has 0 aromatic carbocycles. The summed E-state index contributed by atoms with van der Waals surface area (Å²) in [5.41, 5.74) is 0.506. The van der Waals surface area contributed by atoms with E-state index in [1.807, 2.05) is 39.1 Å². The first-order chi connectivity index (χ1) is 6.96. The number of nitrogens with zero attached hydrogens (tertiary/aromatic N) is 1. The number of hydrogen-bond acceptors (Lipinski definition) is 2. The monoisotopic (exact) mass is 223 g/mol. The summed E-state index contributed by atoms with van der Waals surface area (Å²) in [6, 6.07) is 0. The predicted octanol–water partition coefficient (Wildman–Crippen LogP) is 2.90. The lowest BCUT2D eigenvalue weighted by Crippen LogP contribution is -2.41. The second-order valence-electron chi connectivity index (χ2n) is 4.44. The van der Waals surface area contributed by atoms with Gasteiger partial charge in [0.25, 0.3) is 5.91 Å². The van der Waals surface area contributed by atoms with Crippen LogP contribution >= 0.6 is 12.6 Å². The van der Waals surface area contributed by atoms with Gasteiger partial charge in [-0.25, -0.2) is 0 Å². The SMILES string of the molecule is CC(C)(C)N1C=CCC=C(/C=C\S)C1=O. The molecule has 2 nitrogen and oxygen atoms in total. The number of carbonyl (C=O) groups is 1. The molecule has 0 fully saturated rings. The van der Waals surface area contributed by atoms with E-state index in [4.69, 9.17) is 0 Å². The quantitative estimate of drug-likeness (QED) is 0.678. The first kappa shape index (κ1) is 12.1. The summed E-state index contributed by atoms with van der Waals surface area (Å²) < 4.78 is 0. The fraction of sp³-hybridized carbons (Fsp3) is 0.417. The number of thiol groups is 1. The zero-order valence-electron chi connectivity index (χ0n) is 9.40. The molecule has 0 saturated heterocycles. The minimum atomic E-state index is -0.193. The van der Waals surface area contributed by atoms with Gasteiger partial charge in [-0.05, 0) is 38.7 Å². The van der Waals surface area contributed by atoms with E-state index in [0.29, 0.717) is 5.57 Å². The molecule has 0 spiro atoms. The molecule has 0 N–H and O–H groups in total. The van der Waals surface area contributed by atoms with E-state index in [2.05, 4.69) is 12.6 Å². The van der Waals surface area contributed by atoms with Gasteiger partial charge in [0, 0.05) is 17.3 Å². The van der Waals surface area contributed by atoms with Crippen LogP contribution in [-0.4, -0.2) is 16.3 Å². The Morgan fingerprint density at radius 2 is 2.13 bits per heavy atom. The number of hydrogen-bond donors (Lipinski definition) is 1. The molecule has 0 aliphatic carbocycles. The van der Waals surface area contributed by atoms with Crippen molar-refractivity contribution in [2.24, 2.45) is 0 Å². The standard InChI is InChI=1S/C12H17NOS/c1-12(2,3)13-8-5-4-6-10(7-9-15)11(13)14/h5-9,15H,4H2,1-3H3/b9-7-. The van der Waals surface area contributed by atoms with Crippen LogP contribution in [0, 0.1) is 0 Å². The third-order valence-corrected chi connectivity index (χ3v) is 2.32. The van der Waals surface area contributed by atoms with E-state index in [0.717, 1.165) is 6.42 Å². The van der Waals surface area contributed by atoms with Crippen LogP contribution in [0.1, 0.15) is 27.2 Å². The molecule has 15 heavy (non-hydrogen) atoms. The average Bonchev–Trinajstić information content (AvgIpc) is 2.29. The van der Waals surface area contributed by atoms with Gasteiger partial charge in [0.1, 0.15) is 0 Å². The van der Waals surface area contributed by atoms with E-state index in [1.165, 1.54) is 0 Å². The first-order valence-corrected chi connectivity index (χ1v) is 5.49. The van der Waals surface area contributed by atoms with Crippen molar-refractivity contribution in [1.82, 2.24) is 4.90 Å². The van der Waals surface area contributed by atoms with Gasteiger partial charge in [0.15, 0.2) is 0 Å². The zero-order chi connectivity index (χ0) is 11.5. The highest BCUT2D eigenvalue weighted by atomic mass is 32.1. The third-order valence-electron chi connectivity index (χ3n) is 2.17. The Hall–Kier alpha value is -0.960. The number of rotatable bonds is 1. The number of allylic oxidation sites excluding steroid dienone is 2. The highest BCUT2D eigenvalue weighted by molar-refractivity contribution is 7.83. The van der Waals surface area contributed by atoms with Gasteiger partial charge in [0.05, 0.1) is 0 Å². The molecule has 0 aromatic rings. The maximum Gasteiger partial charge on any atom is 0.257 e. The molecule has 0 unspecified atom stereocenters. The van der Waals surface area contributed by atoms with Crippen molar-refractivity contribution in [1.29, 1.82) is 0 Å². The van der Waals surface area contributed by atoms with E-state index < -0.39 is 0 Å². The molecular weight excluding hydrogens is 206 g/mol. The van der Waals surface area contributed by atoms with Crippen LogP contribution in [0.5, 0.6) is 0 Å². The Bertz CT molecular complexity index is 334. The van der Waals surface area contributed by atoms with Crippen LogP contribution in [-0.2, 0) is 4.79 Å². The van der Waals surface area contributed by atoms with Crippen molar-refractivity contribution in [3.63, 3.8) is 0 Å². The van der Waals surface area contributed by atoms with Crippen LogP contribution < -0.4 is 0 Å². The van der Waals surface area contributed by atoms with E-state index in [1.54, 1.807) is 16.4 Å². The molecule has 1 aliphatic rings. The summed E-state index contributed by atoms with van der Waals surface area (Å²) in [5.74, 6) is 0.0292. The van der Waals surface area contributed by atoms with Crippen molar-refractivity contribution in [2.75, 3.05) is 0 Å². The minimum absolute atomic E-state index is 0.0292. The molecule has 0 bridgehead atoms. The van der Waals surface area contributed by atoms with Crippen molar-refractivity contribution in [3.05, 3.63) is 35.4 Å². The normalized spacial score (nSPS) is 18.3. The second kappa shape index (κ2) is 4.71. The Morgan fingerprint density at radius 3 is 2.67 bits per heavy atom. The van der Waals surface area contributed by atoms with Crippen molar-refractivity contribution >= 4 is 18.5 Å². The first-order valence-electron chi connectivity index (χ1n) is 4.98. The van der Waals surface area contributed by atoms with Gasteiger partial charge in [-0.2, -0.15) is 12.6 Å². The van der Waals surface area contributed by atoms with Gasteiger partial charge in [0.2, 0.25) is 0 Å². The molecule has 1 amide bonds. The van der Waals surface area contributed by atoms with Gasteiger partial charge >= 0.3 is 0 Å². The molecular formula is C12H17NOS. The van der Waals surface area contributed by atoms with Crippen molar-refractivity contribution < 1.29 is 4.79 Å². The van der Waals surface area contributed by atoms with Crippen molar-refractivity contribution in [2.45, 2.75) is 32.7 Å². The third kappa shape index (κ3) is 2.99. The molecule has 0 atom stereocenters. The smallest absolute Gasteiger partial charge is 0.257 e. The van der Waals surface area contributed by atoms with E-state index in [9.17, 15) is 4.79 Å². The lowest BCUT2D eigenvalue weighted by molar-refractivity contribution is -0.127. The predicted molar refractivity (Wildman–Crippen MR) is 66.6 cm³/mol. The van der Waals surface area contributed by atoms with Crippen LogP contribution in [0.4, 0.5) is 0 Å². The van der Waals surface area contributed by atoms with Gasteiger partial charge < -0.3 is 4.90 Å². The fourth-order valence-corrected chi connectivity index (χ4v) is 1.56. The minimum Gasteiger partial charge on any atom is -0.310 e. The molecule has 0 saturated carbocycles. The summed E-state index contributed by atoms with van der Waals surface area (Å²) >= 11 is 4.00. The summed E-state index contributed by atoms with van der Waals surface area (Å²) in [4.78, 5) is 13.9. The molecule has 82 valence electrons. The maximum atomic E-state index is 12.1. The Labute approximate surface area is 96.8 Å². The van der Waals surface area contributed by atoms with E-state index >= 15 is 0 Å². The molecule has 0 aromatic heterocycles. The molecule has 3 heteroatoms. The Morgan fingerprint density at radius 1 is 1.47 bits per heavy atom. The van der Waals surface area contributed by atoms with Gasteiger partial charge in [-0.1, -0.05) is 12.2 Å². The summed E-state index contributed by atoms with van der Waals surface area (Å²) in [5, 5.41) is 1.59. The molecule has 1 rings (SSSR count). The lowest BCUT2D eigenvalue weighted by atomic mass is 10.1. The fourth-order valence-electron chi connectivity index (χ4n) is 1.40. The molecule has 0 radical (unpaired) electrons. The average molecular weight is 223 g/mol. The molecule has 1 aliphatic heterocycles. The topological polar surface area (TPSA) is 20.3 Å². The summed E-state index contributed by atoms with van der Waals surface area (Å²) in [7, 11) is 0. The lowest BCUT2D eigenvalue weighted by Gasteiger charge is -2.32. The van der Waals surface area contributed by atoms with E-state index in [-0.39, 0.29) is 11.4 Å². The largest absolute Gasteiger partial charge is 0.310 e. The molecule has 1 heterocycles. The van der Waals surface area contributed by atoms with Crippen LogP contribution in [0.2, 0.25) is 0 Å². The summed E-state index contributed by atoms with van der Waals surface area (Å²) in [6.45, 7) is 6.05. The maximum absolute atomic E-state index is 12.1. The number of amides is 1. The number of carbonyl (C=O) groups excluding carboxylic acids is 1. The van der Waals surface area contributed by atoms with Crippen LogP contribution in [0.3, 0.4) is 0 Å². The highest BCUT2D eigenvalue weighted by Gasteiger charge is 2.26. The zero-order valence-corrected chi connectivity index (χ0v) is 10.3. The Balaban J connectivity index is 3.02. The van der Waals surface area contributed by atoms with Crippen LogP contribution in [0.15, 0.2) is 35.4 Å². The van der Waals surface area contributed by atoms with Gasteiger partial charge in [-0.15, -0.1) is 0 Å². The highest BCUT2D eigenvalue weighted by Crippen LogP contribution is 2.20. The van der Waals surface area contributed by atoms with Crippen molar-refractivity contribution in [3.8, 4) is 0 Å². The second-order valence-corrected chi connectivity index (χ2v) is 4.74. The van der Waals surface area contributed by atoms with Crippen LogP contribution in [0.25, 0.3) is 0 Å². The van der Waals surface area contributed by atoms with Gasteiger partial charge in [-0.3, -0.25) is 4.79 Å². The Kier molecular flexibility index (Phi) is 3.80.